The third-order valence-corrected chi connectivity index (χ3v) is 2.90. The second-order valence-corrected chi connectivity index (χ2v) is 4.13. The molecule has 0 radical (unpaired) electrons. The Morgan fingerprint density at radius 3 is 2.81 bits per heavy atom. The van der Waals surface area contributed by atoms with Crippen LogP contribution in [0, 0.1) is 0 Å². The van der Waals surface area contributed by atoms with Crippen molar-refractivity contribution in [3.8, 4) is 0 Å². The number of hydrogen-bond acceptors (Lipinski definition) is 2. The summed E-state index contributed by atoms with van der Waals surface area (Å²) in [7, 11) is 0. The number of imidazole rings is 1. The minimum atomic E-state index is 0.787. The number of hydrogen-bond donors (Lipinski definition) is 1. The molecule has 3 heteroatoms. The van der Waals surface area contributed by atoms with Gasteiger partial charge in [-0.05, 0) is 24.6 Å². The molecule has 1 heterocycles. The van der Waals surface area contributed by atoms with E-state index in [4.69, 9.17) is 5.73 Å². The van der Waals surface area contributed by atoms with Gasteiger partial charge in [-0.1, -0.05) is 20.3 Å². The molecule has 0 aliphatic rings. The molecule has 0 spiro atoms. The van der Waals surface area contributed by atoms with Crippen LogP contribution >= 0.6 is 0 Å². The van der Waals surface area contributed by atoms with E-state index in [0.717, 1.165) is 30.0 Å². The number of nitrogens with two attached hydrogens (primary N) is 1. The maximum absolute atomic E-state index is 5.78. The first-order chi connectivity index (χ1) is 7.76. The van der Waals surface area contributed by atoms with Gasteiger partial charge in [0.1, 0.15) is 5.82 Å². The van der Waals surface area contributed by atoms with Gasteiger partial charge in [-0.15, -0.1) is 0 Å². The zero-order valence-electron chi connectivity index (χ0n) is 10.0. The van der Waals surface area contributed by atoms with Crippen molar-refractivity contribution < 1.29 is 0 Å². The fourth-order valence-corrected chi connectivity index (χ4v) is 2.03. The van der Waals surface area contributed by atoms with Crippen LogP contribution in [0.25, 0.3) is 11.0 Å². The first-order valence-corrected chi connectivity index (χ1v) is 6.01. The predicted octanol–water partition coefficient (Wildman–Crippen LogP) is 2.98. The molecule has 0 amide bonds. The van der Waals surface area contributed by atoms with E-state index in [1.165, 1.54) is 18.4 Å². The van der Waals surface area contributed by atoms with E-state index in [0.29, 0.717) is 0 Å². The highest BCUT2D eigenvalue weighted by Gasteiger charge is 2.08. The first kappa shape index (κ1) is 11.0. The standard InChI is InChI=1S/C13H19N3/c1-3-5-8-16-12-7-6-10(14)9-11(12)15-13(16)4-2/h6-7,9H,3-5,8,14H2,1-2H3. The zero-order chi connectivity index (χ0) is 11.5. The first-order valence-electron chi connectivity index (χ1n) is 6.01. The monoisotopic (exact) mass is 217 g/mol. The number of rotatable bonds is 4. The number of nitrogens with zero attached hydrogens (tertiary/aromatic N) is 2. The normalized spacial score (nSPS) is 11.1. The van der Waals surface area contributed by atoms with Crippen molar-refractivity contribution in [3.05, 3.63) is 24.0 Å². The van der Waals surface area contributed by atoms with Gasteiger partial charge in [0.15, 0.2) is 0 Å². The zero-order valence-corrected chi connectivity index (χ0v) is 10.0. The summed E-state index contributed by atoms with van der Waals surface area (Å²) in [4.78, 5) is 4.63. The SMILES string of the molecule is CCCCn1c(CC)nc2cc(N)ccc21. The van der Waals surface area contributed by atoms with Gasteiger partial charge in [-0.2, -0.15) is 0 Å². The number of aromatic nitrogens is 2. The highest BCUT2D eigenvalue weighted by Crippen LogP contribution is 2.20. The average molecular weight is 217 g/mol. The Balaban J connectivity index is 2.50. The molecule has 2 N–H and O–H groups in total. The van der Waals surface area contributed by atoms with E-state index in [1.54, 1.807) is 0 Å². The van der Waals surface area contributed by atoms with Crippen LogP contribution in [-0.2, 0) is 13.0 Å². The van der Waals surface area contributed by atoms with Gasteiger partial charge < -0.3 is 10.3 Å². The van der Waals surface area contributed by atoms with Crippen molar-refractivity contribution in [2.75, 3.05) is 5.73 Å². The van der Waals surface area contributed by atoms with Crippen molar-refractivity contribution in [1.82, 2.24) is 9.55 Å². The molecule has 0 unspecified atom stereocenters. The third-order valence-electron chi connectivity index (χ3n) is 2.90. The predicted molar refractivity (Wildman–Crippen MR) is 68.4 cm³/mol. The fourth-order valence-electron chi connectivity index (χ4n) is 2.03. The van der Waals surface area contributed by atoms with Gasteiger partial charge in [0.05, 0.1) is 11.0 Å². The van der Waals surface area contributed by atoms with Crippen LogP contribution in [0.5, 0.6) is 0 Å². The minimum absolute atomic E-state index is 0.787. The quantitative estimate of drug-likeness (QED) is 0.800. The van der Waals surface area contributed by atoms with E-state index >= 15 is 0 Å². The van der Waals surface area contributed by atoms with Crippen LogP contribution in [0.15, 0.2) is 18.2 Å². The van der Waals surface area contributed by atoms with Gasteiger partial charge >= 0.3 is 0 Å². The number of fused-ring (bicyclic) bond motifs is 1. The van der Waals surface area contributed by atoms with Gasteiger partial charge in [-0.25, -0.2) is 4.98 Å². The Bertz CT molecular complexity index is 485. The molecule has 1 aromatic heterocycles. The lowest BCUT2D eigenvalue weighted by Crippen LogP contribution is -2.02. The van der Waals surface area contributed by atoms with Crippen molar-refractivity contribution in [2.45, 2.75) is 39.7 Å². The summed E-state index contributed by atoms with van der Waals surface area (Å²) in [6.07, 6.45) is 3.37. The van der Waals surface area contributed by atoms with E-state index < -0.39 is 0 Å². The Kier molecular flexibility index (Phi) is 3.13. The summed E-state index contributed by atoms with van der Waals surface area (Å²) in [5.74, 6) is 1.16. The van der Waals surface area contributed by atoms with Crippen LogP contribution in [0.2, 0.25) is 0 Å². The van der Waals surface area contributed by atoms with E-state index in [9.17, 15) is 0 Å². The summed E-state index contributed by atoms with van der Waals surface area (Å²) in [6.45, 7) is 5.41. The maximum atomic E-state index is 5.78. The molecule has 2 rings (SSSR count). The Morgan fingerprint density at radius 2 is 2.12 bits per heavy atom. The summed E-state index contributed by atoms with van der Waals surface area (Å²) < 4.78 is 2.32. The fraction of sp³-hybridized carbons (Fsp3) is 0.462. The topological polar surface area (TPSA) is 43.8 Å². The number of nitrogen functional groups attached to an aromatic ring is 1. The van der Waals surface area contributed by atoms with Crippen LogP contribution in [0.4, 0.5) is 5.69 Å². The Morgan fingerprint density at radius 1 is 1.31 bits per heavy atom. The van der Waals surface area contributed by atoms with Gasteiger partial charge in [0.25, 0.3) is 0 Å². The molecule has 0 atom stereocenters. The lowest BCUT2D eigenvalue weighted by atomic mass is 10.2. The summed E-state index contributed by atoms with van der Waals surface area (Å²) in [5, 5.41) is 0. The molecule has 16 heavy (non-hydrogen) atoms. The Labute approximate surface area is 96.3 Å². The van der Waals surface area contributed by atoms with Crippen molar-refractivity contribution >= 4 is 16.7 Å². The third kappa shape index (κ3) is 1.90. The highest BCUT2D eigenvalue weighted by atomic mass is 15.1. The van der Waals surface area contributed by atoms with Gasteiger partial charge in [-0.3, -0.25) is 0 Å². The van der Waals surface area contributed by atoms with E-state index in [1.807, 2.05) is 12.1 Å². The van der Waals surface area contributed by atoms with E-state index in [-0.39, 0.29) is 0 Å². The second kappa shape index (κ2) is 4.56. The van der Waals surface area contributed by atoms with Gasteiger partial charge in [0, 0.05) is 18.7 Å². The number of anilines is 1. The summed E-state index contributed by atoms with van der Waals surface area (Å²) in [5.41, 5.74) is 8.79. The number of unbranched alkanes of at least 4 members (excludes halogenated alkanes) is 1. The molecule has 0 fully saturated rings. The van der Waals surface area contributed by atoms with Gasteiger partial charge in [0.2, 0.25) is 0 Å². The maximum Gasteiger partial charge on any atom is 0.109 e. The Hall–Kier alpha value is -1.51. The molecule has 0 saturated heterocycles. The lowest BCUT2D eigenvalue weighted by molar-refractivity contribution is 0.620. The smallest absolute Gasteiger partial charge is 0.109 e. The molecule has 3 nitrogen and oxygen atoms in total. The summed E-state index contributed by atoms with van der Waals surface area (Å²) in [6, 6.07) is 5.98. The van der Waals surface area contributed by atoms with Crippen LogP contribution < -0.4 is 5.73 Å². The van der Waals surface area contributed by atoms with Crippen LogP contribution in [-0.4, -0.2) is 9.55 Å². The lowest BCUT2D eigenvalue weighted by Gasteiger charge is -2.06. The van der Waals surface area contributed by atoms with Crippen molar-refractivity contribution in [3.63, 3.8) is 0 Å². The molecule has 0 aliphatic heterocycles. The number of aryl methyl sites for hydroxylation is 2. The highest BCUT2D eigenvalue weighted by molar-refractivity contribution is 5.79. The molecule has 0 saturated carbocycles. The molecule has 1 aromatic carbocycles. The molecule has 0 aliphatic carbocycles. The van der Waals surface area contributed by atoms with Crippen molar-refractivity contribution in [2.24, 2.45) is 0 Å². The number of benzene rings is 1. The average Bonchev–Trinajstić information content (AvgIpc) is 2.63. The van der Waals surface area contributed by atoms with Crippen molar-refractivity contribution in [1.29, 1.82) is 0 Å². The molecule has 2 aromatic rings. The molecular formula is C13H19N3. The second-order valence-electron chi connectivity index (χ2n) is 4.13. The minimum Gasteiger partial charge on any atom is -0.399 e. The summed E-state index contributed by atoms with van der Waals surface area (Å²) >= 11 is 0. The van der Waals surface area contributed by atoms with Crippen LogP contribution in [0.1, 0.15) is 32.5 Å². The molecule has 0 bridgehead atoms. The van der Waals surface area contributed by atoms with Crippen LogP contribution in [0.3, 0.4) is 0 Å². The molecular weight excluding hydrogens is 198 g/mol. The largest absolute Gasteiger partial charge is 0.399 e. The van der Waals surface area contributed by atoms with E-state index in [2.05, 4.69) is 29.5 Å². The molecule has 86 valence electrons.